The van der Waals surface area contributed by atoms with Crippen LogP contribution in [0.15, 0.2) is 42.5 Å². The number of rotatable bonds is 4. The first-order chi connectivity index (χ1) is 10.1. The topological polar surface area (TPSA) is 70.2 Å². The standard InChI is InChI=1S/C15H12FN3O2/c1-2-18(13-5-3-4-12(16)9-13)15-7-6-14(19(20)21)8-11(15)10-17/h3-9H,2H2,1H3. The average molecular weight is 285 g/mol. The third-order valence-electron chi connectivity index (χ3n) is 3.04. The van der Waals surface area contributed by atoms with Gasteiger partial charge in [-0.05, 0) is 31.2 Å². The highest BCUT2D eigenvalue weighted by Crippen LogP contribution is 2.30. The summed E-state index contributed by atoms with van der Waals surface area (Å²) in [5, 5.41) is 20.0. The monoisotopic (exact) mass is 285 g/mol. The predicted molar refractivity (Wildman–Crippen MR) is 76.9 cm³/mol. The lowest BCUT2D eigenvalue weighted by Gasteiger charge is -2.24. The molecule has 5 nitrogen and oxygen atoms in total. The van der Waals surface area contributed by atoms with Gasteiger partial charge in [-0.1, -0.05) is 6.07 Å². The van der Waals surface area contributed by atoms with Crippen LogP contribution in [0.3, 0.4) is 0 Å². The number of nitro benzene ring substituents is 1. The first kappa shape index (κ1) is 14.5. The number of halogens is 1. The number of anilines is 2. The maximum atomic E-state index is 13.4. The van der Waals surface area contributed by atoms with E-state index in [1.54, 1.807) is 17.0 Å². The Kier molecular flexibility index (Phi) is 4.14. The van der Waals surface area contributed by atoms with Crippen molar-refractivity contribution in [2.45, 2.75) is 6.92 Å². The number of non-ortho nitro benzene ring substituents is 1. The number of nitro groups is 1. The van der Waals surface area contributed by atoms with E-state index in [0.29, 0.717) is 17.9 Å². The van der Waals surface area contributed by atoms with E-state index in [2.05, 4.69) is 0 Å². The molecule has 21 heavy (non-hydrogen) atoms. The van der Waals surface area contributed by atoms with Gasteiger partial charge in [-0.3, -0.25) is 10.1 Å². The van der Waals surface area contributed by atoms with Gasteiger partial charge in [0.15, 0.2) is 0 Å². The summed E-state index contributed by atoms with van der Waals surface area (Å²) in [6.07, 6.45) is 0. The second-order valence-electron chi connectivity index (χ2n) is 4.29. The Morgan fingerprint density at radius 3 is 2.67 bits per heavy atom. The van der Waals surface area contributed by atoms with Gasteiger partial charge in [0.05, 0.1) is 16.2 Å². The summed E-state index contributed by atoms with van der Waals surface area (Å²) in [6, 6.07) is 12.0. The van der Waals surface area contributed by atoms with Crippen molar-refractivity contribution in [2.24, 2.45) is 0 Å². The molecule has 0 amide bonds. The molecule has 0 bridgehead atoms. The van der Waals surface area contributed by atoms with Gasteiger partial charge in [0.1, 0.15) is 11.9 Å². The van der Waals surface area contributed by atoms with Crippen molar-refractivity contribution in [1.82, 2.24) is 0 Å². The van der Waals surface area contributed by atoms with Gasteiger partial charge in [-0.2, -0.15) is 5.26 Å². The molecule has 0 heterocycles. The number of nitriles is 1. The molecule has 0 saturated carbocycles. The Hall–Kier alpha value is -2.94. The smallest absolute Gasteiger partial charge is 0.270 e. The molecular weight excluding hydrogens is 273 g/mol. The van der Waals surface area contributed by atoms with Gasteiger partial charge >= 0.3 is 0 Å². The van der Waals surface area contributed by atoms with E-state index in [1.165, 1.54) is 30.3 Å². The first-order valence-electron chi connectivity index (χ1n) is 6.28. The van der Waals surface area contributed by atoms with Crippen molar-refractivity contribution in [2.75, 3.05) is 11.4 Å². The lowest BCUT2D eigenvalue weighted by atomic mass is 10.1. The quantitative estimate of drug-likeness (QED) is 0.633. The predicted octanol–water partition coefficient (Wildman–Crippen LogP) is 3.76. The van der Waals surface area contributed by atoms with E-state index in [1.807, 2.05) is 13.0 Å². The lowest BCUT2D eigenvalue weighted by Crippen LogP contribution is -2.17. The normalized spacial score (nSPS) is 9.95. The Labute approximate surface area is 121 Å². The minimum Gasteiger partial charge on any atom is -0.341 e. The van der Waals surface area contributed by atoms with E-state index in [-0.39, 0.29) is 17.1 Å². The van der Waals surface area contributed by atoms with Crippen molar-refractivity contribution in [3.8, 4) is 6.07 Å². The van der Waals surface area contributed by atoms with Crippen molar-refractivity contribution < 1.29 is 9.31 Å². The van der Waals surface area contributed by atoms with Gasteiger partial charge in [-0.25, -0.2) is 4.39 Å². The summed E-state index contributed by atoms with van der Waals surface area (Å²) in [5.74, 6) is -0.383. The molecule has 2 rings (SSSR count). The average Bonchev–Trinajstić information content (AvgIpc) is 2.48. The molecule has 0 unspecified atom stereocenters. The molecule has 106 valence electrons. The lowest BCUT2D eigenvalue weighted by molar-refractivity contribution is -0.384. The zero-order valence-electron chi connectivity index (χ0n) is 11.3. The zero-order chi connectivity index (χ0) is 15.4. The Morgan fingerprint density at radius 2 is 2.10 bits per heavy atom. The molecule has 0 aliphatic rings. The second-order valence-corrected chi connectivity index (χ2v) is 4.29. The fraction of sp³-hybridized carbons (Fsp3) is 0.133. The Bertz CT molecular complexity index is 725. The van der Waals surface area contributed by atoms with Crippen LogP contribution in [0.5, 0.6) is 0 Å². The third-order valence-corrected chi connectivity index (χ3v) is 3.04. The molecule has 0 radical (unpaired) electrons. The highest BCUT2D eigenvalue weighted by molar-refractivity contribution is 5.71. The molecule has 0 aliphatic carbocycles. The fourth-order valence-electron chi connectivity index (χ4n) is 2.10. The molecule has 0 aromatic heterocycles. The van der Waals surface area contributed by atoms with Crippen LogP contribution in [0.2, 0.25) is 0 Å². The fourth-order valence-corrected chi connectivity index (χ4v) is 2.10. The van der Waals surface area contributed by atoms with E-state index in [9.17, 15) is 19.8 Å². The maximum Gasteiger partial charge on any atom is 0.270 e. The molecule has 0 spiro atoms. The maximum absolute atomic E-state index is 13.4. The molecule has 0 atom stereocenters. The van der Waals surface area contributed by atoms with Crippen LogP contribution < -0.4 is 4.90 Å². The zero-order valence-corrected chi connectivity index (χ0v) is 11.3. The highest BCUT2D eigenvalue weighted by Gasteiger charge is 2.16. The molecule has 0 aliphatic heterocycles. The van der Waals surface area contributed by atoms with Gasteiger partial charge in [0.2, 0.25) is 0 Å². The molecule has 0 fully saturated rings. The van der Waals surface area contributed by atoms with Gasteiger partial charge in [0.25, 0.3) is 5.69 Å². The van der Waals surface area contributed by atoms with Crippen molar-refractivity contribution in [3.63, 3.8) is 0 Å². The summed E-state index contributed by atoms with van der Waals surface area (Å²) in [5.41, 5.74) is 1.12. The summed E-state index contributed by atoms with van der Waals surface area (Å²) >= 11 is 0. The molecule has 2 aromatic carbocycles. The number of benzene rings is 2. The number of hydrogen-bond acceptors (Lipinski definition) is 4. The van der Waals surface area contributed by atoms with Gasteiger partial charge in [-0.15, -0.1) is 0 Å². The van der Waals surface area contributed by atoms with Crippen LogP contribution >= 0.6 is 0 Å². The van der Waals surface area contributed by atoms with Crippen LogP contribution in [0.1, 0.15) is 12.5 Å². The van der Waals surface area contributed by atoms with Crippen molar-refractivity contribution in [1.29, 1.82) is 5.26 Å². The largest absolute Gasteiger partial charge is 0.341 e. The van der Waals surface area contributed by atoms with E-state index in [4.69, 9.17) is 0 Å². The summed E-state index contributed by atoms with van der Waals surface area (Å²) in [4.78, 5) is 11.9. The van der Waals surface area contributed by atoms with Crippen molar-refractivity contribution >= 4 is 17.1 Å². The van der Waals surface area contributed by atoms with Gasteiger partial charge < -0.3 is 4.90 Å². The van der Waals surface area contributed by atoms with Crippen LogP contribution in [-0.2, 0) is 0 Å². The second kappa shape index (κ2) is 6.01. The van der Waals surface area contributed by atoms with Crippen LogP contribution in [-0.4, -0.2) is 11.5 Å². The molecule has 2 aromatic rings. The first-order valence-corrected chi connectivity index (χ1v) is 6.28. The minimum absolute atomic E-state index is 0.148. The molecule has 6 heteroatoms. The third kappa shape index (κ3) is 2.98. The Balaban J connectivity index is 2.53. The number of hydrogen-bond donors (Lipinski definition) is 0. The van der Waals surface area contributed by atoms with Gasteiger partial charge in [0, 0.05) is 24.4 Å². The summed E-state index contributed by atoms with van der Waals surface area (Å²) in [6.45, 7) is 2.35. The van der Waals surface area contributed by atoms with Crippen LogP contribution in [0.4, 0.5) is 21.5 Å². The minimum atomic E-state index is -0.552. The van der Waals surface area contributed by atoms with Crippen LogP contribution in [0.25, 0.3) is 0 Å². The van der Waals surface area contributed by atoms with E-state index >= 15 is 0 Å². The highest BCUT2D eigenvalue weighted by atomic mass is 19.1. The number of nitrogens with zero attached hydrogens (tertiary/aromatic N) is 3. The van der Waals surface area contributed by atoms with Crippen LogP contribution in [0, 0.1) is 27.3 Å². The molecule has 0 saturated heterocycles. The summed E-state index contributed by atoms with van der Waals surface area (Å²) < 4.78 is 13.4. The van der Waals surface area contributed by atoms with Crippen molar-refractivity contribution in [3.05, 3.63) is 64.0 Å². The molecule has 0 N–H and O–H groups in total. The van der Waals surface area contributed by atoms with E-state index in [0.717, 1.165) is 0 Å². The van der Waals surface area contributed by atoms with E-state index < -0.39 is 4.92 Å². The molecular formula is C15H12FN3O2. The SMILES string of the molecule is CCN(c1cccc(F)c1)c1ccc([N+](=O)[O-])cc1C#N. The summed E-state index contributed by atoms with van der Waals surface area (Å²) in [7, 11) is 0. The Morgan fingerprint density at radius 1 is 1.33 bits per heavy atom.